The van der Waals surface area contributed by atoms with Crippen LogP contribution in [0.3, 0.4) is 0 Å². The number of rotatable bonds is 6. The van der Waals surface area contributed by atoms with Gasteiger partial charge in [0.1, 0.15) is 5.75 Å². The fourth-order valence-corrected chi connectivity index (χ4v) is 3.05. The summed E-state index contributed by atoms with van der Waals surface area (Å²) in [6.07, 6.45) is 4.82. The van der Waals surface area contributed by atoms with Crippen LogP contribution in [0, 0.1) is 0 Å². The third-order valence-corrected chi connectivity index (χ3v) is 4.45. The molecule has 1 unspecified atom stereocenters. The van der Waals surface area contributed by atoms with Crippen molar-refractivity contribution in [1.82, 2.24) is 5.43 Å². The second-order valence-corrected chi connectivity index (χ2v) is 6.08. The van der Waals surface area contributed by atoms with Gasteiger partial charge in [-0.15, -0.1) is 11.8 Å². The maximum absolute atomic E-state index is 5.88. The zero-order valence-corrected chi connectivity index (χ0v) is 12.9. The summed E-state index contributed by atoms with van der Waals surface area (Å²) in [5.41, 5.74) is 5.25. The molecule has 110 valence electrons. The Bertz CT molecular complexity index is 613. The summed E-state index contributed by atoms with van der Waals surface area (Å²) in [5, 5.41) is 0. The molecule has 3 rings (SSSR count). The van der Waals surface area contributed by atoms with E-state index in [0.717, 1.165) is 24.2 Å². The summed E-state index contributed by atoms with van der Waals surface area (Å²) in [6.45, 7) is 0. The van der Waals surface area contributed by atoms with Crippen LogP contribution < -0.4 is 16.0 Å². The number of nitrogens with two attached hydrogens (primary N) is 1. The summed E-state index contributed by atoms with van der Waals surface area (Å²) in [5.74, 6) is 6.75. The topological polar surface area (TPSA) is 47.3 Å². The van der Waals surface area contributed by atoms with Gasteiger partial charge in [-0.05, 0) is 48.4 Å². The van der Waals surface area contributed by atoms with E-state index in [9.17, 15) is 0 Å². The highest BCUT2D eigenvalue weighted by Gasteiger charge is 2.24. The van der Waals surface area contributed by atoms with Crippen LogP contribution in [0.5, 0.6) is 5.75 Å². The quantitative estimate of drug-likeness (QED) is 0.487. The van der Waals surface area contributed by atoms with Crippen LogP contribution in [-0.2, 0) is 0 Å². The lowest BCUT2D eigenvalue weighted by Gasteiger charge is -2.20. The van der Waals surface area contributed by atoms with Gasteiger partial charge >= 0.3 is 0 Å². The zero-order valence-electron chi connectivity index (χ0n) is 12.1. The monoisotopic (exact) mass is 300 g/mol. The van der Waals surface area contributed by atoms with Gasteiger partial charge in [-0.25, -0.2) is 5.43 Å². The molecule has 0 aliphatic heterocycles. The Balaban J connectivity index is 1.91. The van der Waals surface area contributed by atoms with Gasteiger partial charge in [0.15, 0.2) is 0 Å². The molecule has 3 nitrogen and oxygen atoms in total. The van der Waals surface area contributed by atoms with Crippen molar-refractivity contribution in [3.8, 4) is 5.75 Å². The highest BCUT2D eigenvalue weighted by Crippen LogP contribution is 2.32. The van der Waals surface area contributed by atoms with Crippen LogP contribution in [0.4, 0.5) is 0 Å². The van der Waals surface area contributed by atoms with Crippen LogP contribution in [0.1, 0.15) is 30.0 Å². The van der Waals surface area contributed by atoms with Crippen LogP contribution in [0.25, 0.3) is 0 Å². The standard InChI is InChI=1S/C17H20N2OS/c1-21-16-8-3-2-7-15(16)17(19-18)12-5-4-6-14(11-12)20-13-9-10-13/h2-8,11,13,17,19H,9-10,18H2,1H3. The van der Waals surface area contributed by atoms with Crippen molar-refractivity contribution in [2.45, 2.75) is 29.9 Å². The lowest BCUT2D eigenvalue weighted by atomic mass is 9.99. The lowest BCUT2D eigenvalue weighted by Crippen LogP contribution is -2.29. The largest absolute Gasteiger partial charge is 0.490 e. The van der Waals surface area contributed by atoms with E-state index < -0.39 is 0 Å². The van der Waals surface area contributed by atoms with E-state index in [2.05, 4.69) is 42.0 Å². The van der Waals surface area contributed by atoms with Crippen molar-refractivity contribution >= 4 is 11.8 Å². The molecule has 4 heteroatoms. The maximum Gasteiger partial charge on any atom is 0.120 e. The molecule has 1 atom stereocenters. The summed E-state index contributed by atoms with van der Waals surface area (Å²) in [4.78, 5) is 1.23. The van der Waals surface area contributed by atoms with E-state index in [1.165, 1.54) is 10.5 Å². The molecule has 0 amide bonds. The van der Waals surface area contributed by atoms with Crippen molar-refractivity contribution in [1.29, 1.82) is 0 Å². The molecular formula is C17H20N2OS. The Hall–Kier alpha value is -1.49. The molecule has 0 saturated heterocycles. The smallest absolute Gasteiger partial charge is 0.120 e. The first kappa shape index (κ1) is 14.4. The first-order chi connectivity index (χ1) is 10.3. The van der Waals surface area contributed by atoms with Crippen molar-refractivity contribution in [3.05, 3.63) is 59.7 Å². The number of hydrogen-bond acceptors (Lipinski definition) is 4. The number of nitrogens with one attached hydrogen (secondary N) is 1. The Morgan fingerprint density at radius 1 is 1.19 bits per heavy atom. The summed E-state index contributed by atoms with van der Waals surface area (Å²) in [7, 11) is 0. The lowest BCUT2D eigenvalue weighted by molar-refractivity contribution is 0.302. The van der Waals surface area contributed by atoms with E-state index in [0.29, 0.717) is 6.10 Å². The van der Waals surface area contributed by atoms with Gasteiger partial charge in [0.2, 0.25) is 0 Å². The normalized spacial score (nSPS) is 15.7. The van der Waals surface area contributed by atoms with Crippen LogP contribution >= 0.6 is 11.8 Å². The molecular weight excluding hydrogens is 280 g/mol. The van der Waals surface area contributed by atoms with Crippen LogP contribution in [0.15, 0.2) is 53.4 Å². The fraction of sp³-hybridized carbons (Fsp3) is 0.294. The Kier molecular flexibility index (Phi) is 4.48. The second-order valence-electron chi connectivity index (χ2n) is 5.23. The van der Waals surface area contributed by atoms with E-state index in [-0.39, 0.29) is 6.04 Å². The molecule has 2 aromatic carbocycles. The van der Waals surface area contributed by atoms with Gasteiger partial charge in [0, 0.05) is 4.90 Å². The zero-order chi connectivity index (χ0) is 14.7. The minimum Gasteiger partial charge on any atom is -0.490 e. The third-order valence-electron chi connectivity index (χ3n) is 3.64. The van der Waals surface area contributed by atoms with Gasteiger partial charge in [0.25, 0.3) is 0 Å². The highest BCUT2D eigenvalue weighted by atomic mass is 32.2. The van der Waals surface area contributed by atoms with Gasteiger partial charge < -0.3 is 4.74 Å². The second kappa shape index (κ2) is 6.52. The number of hydrogen-bond donors (Lipinski definition) is 2. The van der Waals surface area contributed by atoms with Crippen LogP contribution in [0.2, 0.25) is 0 Å². The minimum absolute atomic E-state index is 0.0311. The number of thioether (sulfide) groups is 1. The average Bonchev–Trinajstić information content (AvgIpc) is 3.33. The van der Waals surface area contributed by atoms with Crippen molar-refractivity contribution in [2.24, 2.45) is 5.84 Å². The summed E-state index contributed by atoms with van der Waals surface area (Å²) < 4.78 is 5.88. The molecule has 0 radical (unpaired) electrons. The molecule has 2 aromatic rings. The van der Waals surface area contributed by atoms with Gasteiger partial charge in [0.05, 0.1) is 12.1 Å². The Morgan fingerprint density at radius 3 is 2.71 bits per heavy atom. The maximum atomic E-state index is 5.88. The van der Waals surface area contributed by atoms with Crippen molar-refractivity contribution in [2.75, 3.05) is 6.26 Å². The third kappa shape index (κ3) is 3.40. The van der Waals surface area contributed by atoms with E-state index in [1.54, 1.807) is 11.8 Å². The van der Waals surface area contributed by atoms with Gasteiger partial charge in [-0.2, -0.15) is 0 Å². The molecule has 1 saturated carbocycles. The number of ether oxygens (including phenoxy) is 1. The fourth-order valence-electron chi connectivity index (χ4n) is 2.42. The van der Waals surface area contributed by atoms with Crippen LogP contribution in [-0.4, -0.2) is 12.4 Å². The number of benzene rings is 2. The molecule has 21 heavy (non-hydrogen) atoms. The first-order valence-electron chi connectivity index (χ1n) is 7.17. The van der Waals surface area contributed by atoms with Crippen molar-refractivity contribution < 1.29 is 4.74 Å². The highest BCUT2D eigenvalue weighted by molar-refractivity contribution is 7.98. The van der Waals surface area contributed by atoms with Gasteiger partial charge in [-0.3, -0.25) is 5.84 Å². The number of hydrazine groups is 1. The molecule has 1 aliphatic rings. The SMILES string of the molecule is CSc1ccccc1C(NN)c1cccc(OC2CC2)c1. The minimum atomic E-state index is -0.0311. The van der Waals surface area contributed by atoms with E-state index in [1.807, 2.05) is 18.2 Å². The van der Waals surface area contributed by atoms with E-state index >= 15 is 0 Å². The molecule has 0 bridgehead atoms. The Morgan fingerprint density at radius 2 is 2.00 bits per heavy atom. The molecule has 0 heterocycles. The molecule has 3 N–H and O–H groups in total. The van der Waals surface area contributed by atoms with E-state index in [4.69, 9.17) is 10.6 Å². The molecule has 0 aromatic heterocycles. The molecule has 1 aliphatic carbocycles. The van der Waals surface area contributed by atoms with Crippen molar-refractivity contribution in [3.63, 3.8) is 0 Å². The summed E-state index contributed by atoms with van der Waals surface area (Å²) in [6, 6.07) is 16.5. The molecule has 1 fully saturated rings. The first-order valence-corrected chi connectivity index (χ1v) is 8.40. The Labute approximate surface area is 129 Å². The average molecular weight is 300 g/mol. The summed E-state index contributed by atoms with van der Waals surface area (Å²) >= 11 is 1.73. The predicted octanol–water partition coefficient (Wildman–Crippen LogP) is 3.50. The molecule has 0 spiro atoms. The van der Waals surface area contributed by atoms with Gasteiger partial charge in [-0.1, -0.05) is 30.3 Å². The predicted molar refractivity (Wildman–Crippen MR) is 87.5 cm³/mol.